The highest BCUT2D eigenvalue weighted by molar-refractivity contribution is 4.80. The normalized spacial score (nSPS) is 28.0. The van der Waals surface area contributed by atoms with Crippen LogP contribution in [0.1, 0.15) is 59.3 Å². The number of hydrogen-bond donors (Lipinski definition) is 1. The molecule has 0 spiro atoms. The van der Waals surface area contributed by atoms with Crippen molar-refractivity contribution in [2.45, 2.75) is 77.5 Å². The molecule has 0 heterocycles. The second-order valence-corrected chi connectivity index (χ2v) is 4.92. The van der Waals surface area contributed by atoms with Gasteiger partial charge in [0.05, 0.1) is 12.2 Å². The fraction of sp³-hybridized carbons (Fsp3) is 1.00. The van der Waals surface area contributed by atoms with E-state index in [0.717, 1.165) is 6.54 Å². The highest BCUT2D eigenvalue weighted by atomic mass is 16.5. The van der Waals surface area contributed by atoms with E-state index in [1.54, 1.807) is 0 Å². The third kappa shape index (κ3) is 4.98. The predicted octanol–water partition coefficient (Wildman–Crippen LogP) is 3.11. The molecule has 1 rings (SSSR count). The van der Waals surface area contributed by atoms with E-state index in [2.05, 4.69) is 26.1 Å². The molecule has 2 heteroatoms. The van der Waals surface area contributed by atoms with Crippen LogP contribution in [0.15, 0.2) is 0 Å². The second kappa shape index (κ2) is 7.24. The van der Waals surface area contributed by atoms with Crippen molar-refractivity contribution in [2.75, 3.05) is 6.54 Å². The maximum absolute atomic E-state index is 6.02. The van der Waals surface area contributed by atoms with Crippen LogP contribution in [0.2, 0.25) is 0 Å². The lowest BCUT2D eigenvalue weighted by Gasteiger charge is -2.28. The predicted molar refractivity (Wildman–Crippen MR) is 65.2 cm³/mol. The summed E-state index contributed by atoms with van der Waals surface area (Å²) in [6, 6.07) is 0.592. The third-order valence-corrected chi connectivity index (χ3v) is 3.06. The molecule has 15 heavy (non-hydrogen) atoms. The van der Waals surface area contributed by atoms with Crippen molar-refractivity contribution in [3.63, 3.8) is 0 Å². The molecule has 0 aromatic carbocycles. The maximum Gasteiger partial charge on any atom is 0.0731 e. The minimum absolute atomic E-state index is 0.360. The third-order valence-electron chi connectivity index (χ3n) is 3.06. The Labute approximate surface area is 94.8 Å². The summed E-state index contributed by atoms with van der Waals surface area (Å²) in [7, 11) is 0. The van der Waals surface area contributed by atoms with Crippen molar-refractivity contribution in [1.29, 1.82) is 0 Å². The zero-order valence-corrected chi connectivity index (χ0v) is 10.6. The zero-order valence-electron chi connectivity index (χ0n) is 10.6. The average molecular weight is 213 g/mol. The Morgan fingerprint density at radius 3 is 2.60 bits per heavy atom. The summed E-state index contributed by atoms with van der Waals surface area (Å²) in [6.07, 6.45) is 8.61. The molecule has 0 amide bonds. The molecule has 0 aromatic rings. The van der Waals surface area contributed by atoms with Gasteiger partial charge in [0.25, 0.3) is 0 Å². The summed E-state index contributed by atoms with van der Waals surface area (Å²) >= 11 is 0. The highest BCUT2D eigenvalue weighted by Crippen LogP contribution is 2.21. The summed E-state index contributed by atoms with van der Waals surface area (Å²) < 4.78 is 6.02. The van der Waals surface area contributed by atoms with E-state index in [1.165, 1.54) is 38.5 Å². The van der Waals surface area contributed by atoms with Crippen molar-refractivity contribution in [1.82, 2.24) is 5.32 Å². The largest absolute Gasteiger partial charge is 0.374 e. The molecule has 1 aliphatic carbocycles. The maximum atomic E-state index is 6.02. The lowest BCUT2D eigenvalue weighted by molar-refractivity contribution is -0.0171. The van der Waals surface area contributed by atoms with Gasteiger partial charge in [-0.3, -0.25) is 0 Å². The van der Waals surface area contributed by atoms with Crippen LogP contribution in [0.4, 0.5) is 0 Å². The lowest BCUT2D eigenvalue weighted by Crippen LogP contribution is -2.42. The van der Waals surface area contributed by atoms with Crippen molar-refractivity contribution in [3.8, 4) is 0 Å². The molecule has 2 unspecified atom stereocenters. The van der Waals surface area contributed by atoms with E-state index in [4.69, 9.17) is 4.74 Å². The van der Waals surface area contributed by atoms with E-state index < -0.39 is 0 Å². The minimum atomic E-state index is 0.360. The Morgan fingerprint density at radius 1 is 1.20 bits per heavy atom. The Bertz CT molecular complexity index is 159. The van der Waals surface area contributed by atoms with Gasteiger partial charge in [-0.25, -0.2) is 0 Å². The van der Waals surface area contributed by atoms with Crippen LogP contribution in [-0.4, -0.2) is 24.8 Å². The highest BCUT2D eigenvalue weighted by Gasteiger charge is 2.24. The summed E-state index contributed by atoms with van der Waals surface area (Å²) in [6.45, 7) is 7.63. The first kappa shape index (κ1) is 13.0. The molecule has 0 aromatic heterocycles. The van der Waals surface area contributed by atoms with Gasteiger partial charge in [-0.05, 0) is 39.7 Å². The molecular formula is C13H27NO. The average Bonchev–Trinajstić information content (AvgIpc) is 2.40. The molecule has 0 saturated heterocycles. The molecule has 1 N–H and O–H groups in total. The van der Waals surface area contributed by atoms with Gasteiger partial charge in [0.15, 0.2) is 0 Å². The van der Waals surface area contributed by atoms with Gasteiger partial charge >= 0.3 is 0 Å². The smallest absolute Gasteiger partial charge is 0.0731 e. The summed E-state index contributed by atoms with van der Waals surface area (Å²) in [5.41, 5.74) is 0. The second-order valence-electron chi connectivity index (χ2n) is 4.92. The Morgan fingerprint density at radius 2 is 1.93 bits per heavy atom. The van der Waals surface area contributed by atoms with Gasteiger partial charge in [0.1, 0.15) is 0 Å². The van der Waals surface area contributed by atoms with Gasteiger partial charge in [0, 0.05) is 6.04 Å². The van der Waals surface area contributed by atoms with Crippen LogP contribution in [0.3, 0.4) is 0 Å². The topological polar surface area (TPSA) is 21.3 Å². The number of nitrogens with one attached hydrogen (secondary N) is 1. The molecule has 1 aliphatic rings. The van der Waals surface area contributed by atoms with Crippen molar-refractivity contribution in [3.05, 3.63) is 0 Å². The fourth-order valence-electron chi connectivity index (χ4n) is 2.35. The molecule has 90 valence electrons. The summed E-state index contributed by atoms with van der Waals surface area (Å²) in [5, 5.41) is 3.64. The quantitative estimate of drug-likeness (QED) is 0.709. The number of rotatable bonds is 5. The number of hydrogen-bond acceptors (Lipinski definition) is 2. The molecule has 0 aliphatic heterocycles. The molecule has 1 fully saturated rings. The van der Waals surface area contributed by atoms with E-state index in [9.17, 15) is 0 Å². The van der Waals surface area contributed by atoms with Crippen LogP contribution in [0.5, 0.6) is 0 Å². The molecule has 2 nitrogen and oxygen atoms in total. The first-order valence-corrected chi connectivity index (χ1v) is 6.63. The summed E-state index contributed by atoms with van der Waals surface area (Å²) in [5.74, 6) is 0. The standard InChI is InChI=1S/C13H27NO/c1-4-10-14-12-8-6-5-7-9-13(12)15-11(2)3/h11-14H,4-10H2,1-3H3. The van der Waals surface area contributed by atoms with E-state index in [0.29, 0.717) is 18.2 Å². The Kier molecular flexibility index (Phi) is 6.26. The van der Waals surface area contributed by atoms with Gasteiger partial charge in [0.2, 0.25) is 0 Å². The molecular weight excluding hydrogens is 186 g/mol. The van der Waals surface area contributed by atoms with E-state index in [-0.39, 0.29) is 0 Å². The number of ether oxygens (including phenoxy) is 1. The first-order valence-electron chi connectivity index (χ1n) is 6.63. The fourth-order valence-corrected chi connectivity index (χ4v) is 2.35. The van der Waals surface area contributed by atoms with E-state index in [1.807, 2.05) is 0 Å². The van der Waals surface area contributed by atoms with Gasteiger partial charge in [-0.1, -0.05) is 26.2 Å². The monoisotopic (exact) mass is 213 g/mol. The molecule has 2 atom stereocenters. The van der Waals surface area contributed by atoms with Crippen molar-refractivity contribution < 1.29 is 4.74 Å². The van der Waals surface area contributed by atoms with Gasteiger partial charge in [-0.2, -0.15) is 0 Å². The van der Waals surface area contributed by atoms with Crippen LogP contribution < -0.4 is 5.32 Å². The summed E-state index contributed by atoms with van der Waals surface area (Å²) in [4.78, 5) is 0. The zero-order chi connectivity index (χ0) is 11.1. The minimum Gasteiger partial charge on any atom is -0.374 e. The van der Waals surface area contributed by atoms with E-state index >= 15 is 0 Å². The molecule has 0 bridgehead atoms. The Balaban J connectivity index is 2.43. The van der Waals surface area contributed by atoms with Gasteiger partial charge < -0.3 is 10.1 Å². The molecule has 0 radical (unpaired) electrons. The van der Waals surface area contributed by atoms with Crippen LogP contribution in [0, 0.1) is 0 Å². The SMILES string of the molecule is CCCNC1CCCCCC1OC(C)C. The van der Waals surface area contributed by atoms with Crippen molar-refractivity contribution in [2.24, 2.45) is 0 Å². The lowest BCUT2D eigenvalue weighted by atomic mass is 10.1. The van der Waals surface area contributed by atoms with Crippen LogP contribution in [0.25, 0.3) is 0 Å². The van der Waals surface area contributed by atoms with Crippen LogP contribution in [-0.2, 0) is 4.74 Å². The van der Waals surface area contributed by atoms with Crippen molar-refractivity contribution >= 4 is 0 Å². The molecule has 1 saturated carbocycles. The Hall–Kier alpha value is -0.0800. The van der Waals surface area contributed by atoms with Crippen LogP contribution >= 0.6 is 0 Å². The van der Waals surface area contributed by atoms with Gasteiger partial charge in [-0.15, -0.1) is 0 Å². The first-order chi connectivity index (χ1) is 7.24.